The van der Waals surface area contributed by atoms with Gasteiger partial charge >= 0.3 is 0 Å². The Labute approximate surface area is 163 Å². The molecule has 1 amide bonds. The molecule has 152 valence electrons. The summed E-state index contributed by atoms with van der Waals surface area (Å²) in [5, 5.41) is 0.0203. The number of imidazole rings is 1. The predicted octanol–water partition coefficient (Wildman–Crippen LogP) is 1.17. The monoisotopic (exact) mass is 410 g/mol. The average Bonchev–Trinajstić information content (AvgIpc) is 2.87. The molecule has 10 heteroatoms. The number of halogens is 1. The van der Waals surface area contributed by atoms with E-state index in [1.165, 1.54) is 34.8 Å². The summed E-state index contributed by atoms with van der Waals surface area (Å²) in [4.78, 5) is 18.1. The number of amides is 1. The van der Waals surface area contributed by atoms with Crippen LogP contribution in [-0.4, -0.2) is 65.9 Å². The van der Waals surface area contributed by atoms with E-state index in [1.807, 2.05) is 0 Å². The largest absolute Gasteiger partial charge is 0.484 e. The lowest BCUT2D eigenvalue weighted by atomic mass is 10.3. The first-order valence-corrected chi connectivity index (χ1v) is 10.4. The van der Waals surface area contributed by atoms with Crippen LogP contribution in [0.15, 0.2) is 35.5 Å². The lowest BCUT2D eigenvalue weighted by Crippen LogP contribution is -2.39. The second-order valence-electron chi connectivity index (χ2n) is 6.62. The normalized spacial score (nSPS) is 16.0. The molecule has 1 saturated heterocycles. The maximum absolute atomic E-state index is 12.9. The van der Waals surface area contributed by atoms with Gasteiger partial charge in [0.05, 0.1) is 0 Å². The third-order valence-corrected chi connectivity index (χ3v) is 6.44. The highest BCUT2D eigenvalue weighted by atomic mass is 32.2. The minimum absolute atomic E-state index is 0.0203. The molecule has 8 nitrogen and oxygen atoms in total. The lowest BCUT2D eigenvalue weighted by molar-refractivity contribution is -0.133. The second-order valence-corrected chi connectivity index (χ2v) is 8.50. The van der Waals surface area contributed by atoms with E-state index in [9.17, 15) is 17.6 Å². The zero-order valence-corrected chi connectivity index (χ0v) is 16.7. The van der Waals surface area contributed by atoms with Gasteiger partial charge in [-0.3, -0.25) is 4.79 Å². The first-order chi connectivity index (χ1) is 13.3. The number of nitrogens with zero attached hydrogens (tertiary/aromatic N) is 4. The molecule has 0 atom stereocenters. The highest BCUT2D eigenvalue weighted by molar-refractivity contribution is 7.89. The molecule has 0 spiro atoms. The molecule has 0 radical (unpaired) electrons. The van der Waals surface area contributed by atoms with Crippen LogP contribution in [0.1, 0.15) is 12.2 Å². The number of carbonyl (C=O) groups is 1. The molecule has 0 bridgehead atoms. The summed E-state index contributed by atoms with van der Waals surface area (Å²) in [6.45, 7) is 2.79. The molecule has 2 aromatic rings. The SMILES string of the molecule is Cc1nc(S(=O)(=O)N2CCCN(C(=O)COc3ccc(F)cc3)CC2)cn1C. The molecule has 0 saturated carbocycles. The van der Waals surface area contributed by atoms with E-state index in [2.05, 4.69) is 4.98 Å². The van der Waals surface area contributed by atoms with Crippen molar-refractivity contribution in [3.8, 4) is 5.75 Å². The van der Waals surface area contributed by atoms with Gasteiger partial charge in [0.25, 0.3) is 15.9 Å². The summed E-state index contributed by atoms with van der Waals surface area (Å²) in [5.74, 6) is 0.398. The number of aromatic nitrogens is 2. The fourth-order valence-electron chi connectivity index (χ4n) is 2.93. The third-order valence-electron chi connectivity index (χ3n) is 4.67. The van der Waals surface area contributed by atoms with Crippen molar-refractivity contribution in [2.45, 2.75) is 18.4 Å². The number of carbonyl (C=O) groups excluding carboxylic acids is 1. The summed E-state index contributed by atoms with van der Waals surface area (Å²) in [5.41, 5.74) is 0. The minimum atomic E-state index is -3.70. The van der Waals surface area contributed by atoms with E-state index in [4.69, 9.17) is 4.74 Å². The molecule has 1 fully saturated rings. The van der Waals surface area contributed by atoms with Crippen molar-refractivity contribution < 1.29 is 22.3 Å². The molecule has 28 heavy (non-hydrogen) atoms. The van der Waals surface area contributed by atoms with Gasteiger partial charge < -0.3 is 14.2 Å². The van der Waals surface area contributed by atoms with Crippen LogP contribution in [0, 0.1) is 12.7 Å². The topological polar surface area (TPSA) is 84.7 Å². The summed E-state index contributed by atoms with van der Waals surface area (Å²) in [6.07, 6.45) is 2.02. The van der Waals surface area contributed by atoms with Crippen molar-refractivity contribution in [2.24, 2.45) is 7.05 Å². The van der Waals surface area contributed by atoms with Gasteiger partial charge in [0, 0.05) is 39.4 Å². The zero-order chi connectivity index (χ0) is 20.3. The van der Waals surface area contributed by atoms with Crippen molar-refractivity contribution in [1.82, 2.24) is 18.8 Å². The summed E-state index contributed by atoms with van der Waals surface area (Å²) >= 11 is 0. The van der Waals surface area contributed by atoms with Crippen LogP contribution >= 0.6 is 0 Å². The Bertz CT molecular complexity index is 923. The van der Waals surface area contributed by atoms with Crippen LogP contribution in [0.2, 0.25) is 0 Å². The van der Waals surface area contributed by atoms with E-state index < -0.39 is 10.0 Å². The fraction of sp³-hybridized carbons (Fsp3) is 0.444. The van der Waals surface area contributed by atoms with Crippen LogP contribution in [0.25, 0.3) is 0 Å². The van der Waals surface area contributed by atoms with Gasteiger partial charge in [-0.25, -0.2) is 17.8 Å². The van der Waals surface area contributed by atoms with Crippen LogP contribution < -0.4 is 4.74 Å². The van der Waals surface area contributed by atoms with Gasteiger partial charge in [-0.05, 0) is 37.6 Å². The van der Waals surface area contributed by atoms with Crippen molar-refractivity contribution in [3.63, 3.8) is 0 Å². The lowest BCUT2D eigenvalue weighted by Gasteiger charge is -2.21. The highest BCUT2D eigenvalue weighted by Gasteiger charge is 2.30. The quantitative estimate of drug-likeness (QED) is 0.739. The molecule has 2 heterocycles. The highest BCUT2D eigenvalue weighted by Crippen LogP contribution is 2.17. The van der Waals surface area contributed by atoms with Gasteiger partial charge in [-0.2, -0.15) is 4.31 Å². The van der Waals surface area contributed by atoms with E-state index >= 15 is 0 Å². The first-order valence-electron chi connectivity index (χ1n) is 8.93. The van der Waals surface area contributed by atoms with Crippen molar-refractivity contribution in [3.05, 3.63) is 42.1 Å². The van der Waals surface area contributed by atoms with Gasteiger partial charge in [-0.1, -0.05) is 0 Å². The van der Waals surface area contributed by atoms with E-state index in [-0.39, 0.29) is 36.4 Å². The summed E-state index contributed by atoms with van der Waals surface area (Å²) in [6, 6.07) is 5.42. The average molecular weight is 410 g/mol. The molecule has 1 aliphatic heterocycles. The molecule has 0 aliphatic carbocycles. The first kappa shape index (κ1) is 20.3. The number of rotatable bonds is 5. The van der Waals surface area contributed by atoms with E-state index in [0.717, 1.165) is 0 Å². The number of benzene rings is 1. The minimum Gasteiger partial charge on any atom is -0.484 e. The van der Waals surface area contributed by atoms with E-state index in [1.54, 1.807) is 23.4 Å². The molecule has 1 aromatic carbocycles. The maximum Gasteiger partial charge on any atom is 0.262 e. The molecular formula is C18H23FN4O4S. The van der Waals surface area contributed by atoms with Crippen LogP contribution in [0.5, 0.6) is 5.75 Å². The Kier molecular flexibility index (Phi) is 5.99. The van der Waals surface area contributed by atoms with Crippen LogP contribution in [0.4, 0.5) is 4.39 Å². The Morgan fingerprint density at radius 1 is 1.18 bits per heavy atom. The number of sulfonamides is 1. The predicted molar refractivity (Wildman–Crippen MR) is 99.8 cm³/mol. The number of hydrogen-bond acceptors (Lipinski definition) is 5. The molecule has 0 N–H and O–H groups in total. The standard InChI is InChI=1S/C18H23FN4O4S/c1-14-20-17(12-21(14)2)28(25,26)23-9-3-8-22(10-11-23)18(24)13-27-16-6-4-15(19)5-7-16/h4-7,12H,3,8-11,13H2,1-2H3. The van der Waals surface area contributed by atoms with Gasteiger partial charge in [0.1, 0.15) is 17.4 Å². The van der Waals surface area contributed by atoms with Gasteiger partial charge in [0.15, 0.2) is 11.6 Å². The van der Waals surface area contributed by atoms with E-state index in [0.29, 0.717) is 31.1 Å². The maximum atomic E-state index is 12.9. The smallest absolute Gasteiger partial charge is 0.262 e. The van der Waals surface area contributed by atoms with Crippen LogP contribution in [-0.2, 0) is 21.9 Å². The van der Waals surface area contributed by atoms with Crippen molar-refractivity contribution in [1.29, 1.82) is 0 Å². The van der Waals surface area contributed by atoms with Gasteiger partial charge in [0.2, 0.25) is 0 Å². The number of ether oxygens (including phenoxy) is 1. The molecular weight excluding hydrogens is 387 g/mol. The molecule has 0 unspecified atom stereocenters. The Balaban J connectivity index is 1.59. The zero-order valence-electron chi connectivity index (χ0n) is 15.8. The molecule has 1 aliphatic rings. The Morgan fingerprint density at radius 3 is 2.54 bits per heavy atom. The summed E-state index contributed by atoms with van der Waals surface area (Å²) < 4.78 is 47.0. The second kappa shape index (κ2) is 8.27. The van der Waals surface area contributed by atoms with Crippen LogP contribution in [0.3, 0.4) is 0 Å². The third kappa shape index (κ3) is 4.50. The molecule has 1 aromatic heterocycles. The Hall–Kier alpha value is -2.46. The van der Waals surface area contributed by atoms with Crippen molar-refractivity contribution >= 4 is 15.9 Å². The van der Waals surface area contributed by atoms with Gasteiger partial charge in [-0.15, -0.1) is 0 Å². The van der Waals surface area contributed by atoms with Crippen molar-refractivity contribution in [2.75, 3.05) is 32.8 Å². The number of hydrogen-bond donors (Lipinski definition) is 0. The fourth-order valence-corrected chi connectivity index (χ4v) is 4.43. The molecule has 3 rings (SSSR count). The summed E-state index contributed by atoms with van der Waals surface area (Å²) in [7, 11) is -1.96. The number of aryl methyl sites for hydroxylation is 2. The Morgan fingerprint density at radius 2 is 1.89 bits per heavy atom.